The Morgan fingerprint density at radius 1 is 1.33 bits per heavy atom. The number of hydrogen-bond acceptors (Lipinski definition) is 4. The fraction of sp³-hybridized carbons (Fsp3) is 0.429. The number of nitrogens with zero attached hydrogens (tertiary/aromatic N) is 3. The van der Waals surface area contributed by atoms with E-state index in [0.717, 1.165) is 5.56 Å². The molecule has 114 valence electrons. The number of rotatable bonds is 4. The zero-order valence-electron chi connectivity index (χ0n) is 12.5. The fourth-order valence-corrected chi connectivity index (χ4v) is 2.57. The Bertz CT molecular complexity index is 594. The molecule has 7 heteroatoms. The van der Waals surface area contributed by atoms with Crippen molar-refractivity contribution in [2.75, 3.05) is 0 Å². The molecule has 0 radical (unpaired) electrons. The van der Waals surface area contributed by atoms with E-state index in [0.29, 0.717) is 10.8 Å². The molecule has 21 heavy (non-hydrogen) atoms. The minimum Gasteiger partial charge on any atom is -0.598 e. The molecule has 0 aliphatic heterocycles. The minimum absolute atomic E-state index is 0.0483. The molecular formula is C14H19ClN4OS. The standard InChI is InChI=1S/C14H19ClN4OS/c1-10(18-21(20)14(2,3)4)11-5-6-13(16-7-11)19-9-12(15)8-17-19/h5-10,18H,1-4H3. The molecule has 2 atom stereocenters. The first-order chi connectivity index (χ1) is 9.77. The first kappa shape index (κ1) is 16.3. The molecule has 0 aliphatic rings. The zero-order valence-corrected chi connectivity index (χ0v) is 14.1. The van der Waals surface area contributed by atoms with E-state index < -0.39 is 11.4 Å². The molecule has 0 saturated heterocycles. The van der Waals surface area contributed by atoms with Crippen LogP contribution in [0.25, 0.3) is 5.82 Å². The predicted molar refractivity (Wildman–Crippen MR) is 85.8 cm³/mol. The van der Waals surface area contributed by atoms with Crippen molar-refractivity contribution >= 4 is 23.0 Å². The molecule has 0 spiro atoms. The van der Waals surface area contributed by atoms with Gasteiger partial charge in [0, 0.05) is 17.6 Å². The van der Waals surface area contributed by atoms with Gasteiger partial charge in [-0.3, -0.25) is 0 Å². The molecule has 1 N–H and O–H groups in total. The highest BCUT2D eigenvalue weighted by molar-refractivity contribution is 7.90. The van der Waals surface area contributed by atoms with E-state index in [1.807, 2.05) is 39.8 Å². The van der Waals surface area contributed by atoms with Gasteiger partial charge in [-0.2, -0.15) is 5.10 Å². The summed E-state index contributed by atoms with van der Waals surface area (Å²) in [7, 11) is 0. The Morgan fingerprint density at radius 2 is 2.05 bits per heavy atom. The van der Waals surface area contributed by atoms with Crippen LogP contribution in [0, 0.1) is 0 Å². The van der Waals surface area contributed by atoms with E-state index in [1.165, 1.54) is 0 Å². The number of aromatic nitrogens is 3. The average Bonchev–Trinajstić information content (AvgIpc) is 2.84. The molecule has 2 heterocycles. The van der Waals surface area contributed by atoms with Gasteiger partial charge in [0.05, 0.1) is 23.5 Å². The topological polar surface area (TPSA) is 65.8 Å². The summed E-state index contributed by atoms with van der Waals surface area (Å²) in [5.74, 6) is 0.690. The summed E-state index contributed by atoms with van der Waals surface area (Å²) in [5, 5.41) is 4.67. The summed E-state index contributed by atoms with van der Waals surface area (Å²) < 4.78 is 16.5. The van der Waals surface area contributed by atoms with Crippen molar-refractivity contribution in [2.24, 2.45) is 0 Å². The van der Waals surface area contributed by atoms with E-state index in [-0.39, 0.29) is 10.8 Å². The molecule has 0 amide bonds. The molecule has 0 bridgehead atoms. The average molecular weight is 327 g/mol. The molecule has 0 aliphatic carbocycles. The SMILES string of the molecule is CC(N[S+]([O-])C(C)(C)C)c1ccc(-n2cc(Cl)cn2)nc1. The van der Waals surface area contributed by atoms with Crippen molar-refractivity contribution in [3.63, 3.8) is 0 Å². The van der Waals surface area contributed by atoms with Gasteiger partial charge in [-0.25, -0.2) is 9.67 Å². The van der Waals surface area contributed by atoms with Crippen LogP contribution in [-0.4, -0.2) is 24.1 Å². The van der Waals surface area contributed by atoms with Gasteiger partial charge < -0.3 is 4.55 Å². The van der Waals surface area contributed by atoms with Gasteiger partial charge in [-0.05, 0) is 39.3 Å². The van der Waals surface area contributed by atoms with E-state index >= 15 is 0 Å². The van der Waals surface area contributed by atoms with Crippen LogP contribution >= 0.6 is 11.6 Å². The molecule has 2 aromatic heterocycles. The Labute approximate surface area is 133 Å². The van der Waals surface area contributed by atoms with Crippen LogP contribution in [0.4, 0.5) is 0 Å². The maximum absolute atomic E-state index is 12.1. The van der Waals surface area contributed by atoms with Crippen LogP contribution < -0.4 is 4.72 Å². The Morgan fingerprint density at radius 3 is 2.52 bits per heavy atom. The third kappa shape index (κ3) is 4.20. The second kappa shape index (κ2) is 6.36. The van der Waals surface area contributed by atoms with Crippen molar-refractivity contribution in [2.45, 2.75) is 38.5 Å². The smallest absolute Gasteiger partial charge is 0.153 e. The Balaban J connectivity index is 2.08. The van der Waals surface area contributed by atoms with Crippen molar-refractivity contribution in [3.05, 3.63) is 41.3 Å². The normalized spacial score (nSPS) is 15.0. The van der Waals surface area contributed by atoms with Crippen LogP contribution in [0.15, 0.2) is 30.7 Å². The zero-order chi connectivity index (χ0) is 15.6. The molecule has 2 aromatic rings. The highest BCUT2D eigenvalue weighted by Gasteiger charge is 2.28. The van der Waals surface area contributed by atoms with E-state index in [1.54, 1.807) is 23.3 Å². The number of hydrogen-bond donors (Lipinski definition) is 1. The van der Waals surface area contributed by atoms with E-state index in [2.05, 4.69) is 14.8 Å². The maximum Gasteiger partial charge on any atom is 0.153 e. The van der Waals surface area contributed by atoms with Gasteiger partial charge in [0.2, 0.25) is 0 Å². The molecule has 0 saturated carbocycles. The Hall–Kier alpha value is -1.08. The third-order valence-corrected chi connectivity index (χ3v) is 4.77. The summed E-state index contributed by atoms with van der Waals surface area (Å²) in [6, 6.07) is 3.75. The first-order valence-corrected chi connectivity index (χ1v) is 8.14. The number of nitrogens with one attached hydrogen (secondary N) is 1. The maximum atomic E-state index is 12.1. The summed E-state index contributed by atoms with van der Waals surface area (Å²) >= 11 is 4.72. The van der Waals surface area contributed by atoms with Crippen LogP contribution in [0.3, 0.4) is 0 Å². The lowest BCUT2D eigenvalue weighted by molar-refractivity contribution is 0.531. The van der Waals surface area contributed by atoms with Gasteiger partial charge in [0.25, 0.3) is 0 Å². The summed E-state index contributed by atoms with van der Waals surface area (Å²) in [4.78, 5) is 4.36. The largest absolute Gasteiger partial charge is 0.598 e. The number of pyridine rings is 1. The lowest BCUT2D eigenvalue weighted by Crippen LogP contribution is -2.40. The minimum atomic E-state index is -1.12. The van der Waals surface area contributed by atoms with Gasteiger partial charge >= 0.3 is 0 Å². The highest BCUT2D eigenvalue weighted by atomic mass is 35.5. The molecule has 2 rings (SSSR count). The van der Waals surface area contributed by atoms with Crippen LogP contribution in [0.5, 0.6) is 0 Å². The first-order valence-electron chi connectivity index (χ1n) is 6.62. The summed E-state index contributed by atoms with van der Waals surface area (Å²) in [6.45, 7) is 7.77. The van der Waals surface area contributed by atoms with E-state index in [4.69, 9.17) is 11.6 Å². The third-order valence-electron chi connectivity index (χ3n) is 2.90. The molecular weight excluding hydrogens is 308 g/mol. The van der Waals surface area contributed by atoms with Crippen LogP contribution in [-0.2, 0) is 11.4 Å². The second-order valence-electron chi connectivity index (χ2n) is 5.77. The predicted octanol–water partition coefficient (Wildman–Crippen LogP) is 3.03. The second-order valence-corrected chi connectivity index (χ2v) is 8.21. The van der Waals surface area contributed by atoms with Crippen molar-refractivity contribution < 1.29 is 4.55 Å². The van der Waals surface area contributed by atoms with Gasteiger partial charge in [-0.15, -0.1) is 4.72 Å². The summed E-state index contributed by atoms with van der Waals surface area (Å²) in [6.07, 6.45) is 5.01. The van der Waals surface area contributed by atoms with Crippen LogP contribution in [0.1, 0.15) is 39.3 Å². The fourth-order valence-electron chi connectivity index (χ4n) is 1.62. The van der Waals surface area contributed by atoms with Gasteiger partial charge in [0.1, 0.15) is 4.75 Å². The Kier molecular flexibility index (Phi) is 4.93. The number of halogens is 1. The molecule has 0 fully saturated rings. The van der Waals surface area contributed by atoms with Crippen molar-refractivity contribution in [1.29, 1.82) is 0 Å². The van der Waals surface area contributed by atoms with Crippen molar-refractivity contribution in [1.82, 2.24) is 19.5 Å². The quantitative estimate of drug-likeness (QED) is 0.877. The highest BCUT2D eigenvalue weighted by Crippen LogP contribution is 2.20. The lowest BCUT2D eigenvalue weighted by atomic mass is 10.1. The molecule has 0 aromatic carbocycles. The summed E-state index contributed by atoms with van der Waals surface area (Å²) in [5.41, 5.74) is 0.967. The monoisotopic (exact) mass is 326 g/mol. The van der Waals surface area contributed by atoms with Crippen molar-refractivity contribution in [3.8, 4) is 5.82 Å². The molecule has 5 nitrogen and oxygen atoms in total. The van der Waals surface area contributed by atoms with Gasteiger partial charge in [-0.1, -0.05) is 17.7 Å². The lowest BCUT2D eigenvalue weighted by Gasteiger charge is -2.26. The van der Waals surface area contributed by atoms with Crippen LogP contribution in [0.2, 0.25) is 5.02 Å². The van der Waals surface area contributed by atoms with E-state index in [9.17, 15) is 4.55 Å². The molecule has 2 unspecified atom stereocenters. The van der Waals surface area contributed by atoms with Gasteiger partial charge in [0.15, 0.2) is 5.82 Å².